The first kappa shape index (κ1) is 19.9. The van der Waals surface area contributed by atoms with Gasteiger partial charge in [-0.05, 0) is 30.7 Å². The van der Waals surface area contributed by atoms with E-state index in [1.807, 2.05) is 47.9 Å². The molecule has 0 spiro atoms. The second kappa shape index (κ2) is 9.37. The van der Waals surface area contributed by atoms with Gasteiger partial charge in [-0.3, -0.25) is 9.36 Å². The average Bonchev–Trinajstić information content (AvgIpc) is 3.14. The maximum absolute atomic E-state index is 13.0. The first-order valence-electron chi connectivity index (χ1n) is 9.12. The Hall–Kier alpha value is -2.86. The highest BCUT2D eigenvalue weighted by Crippen LogP contribution is 2.30. The SMILES string of the molecule is C=CCn1c(SC(CC)C(=O)c2ccc(OC)cc2)nnc1-c1ccccc1. The lowest BCUT2D eigenvalue weighted by molar-refractivity contribution is 0.0988. The highest BCUT2D eigenvalue weighted by molar-refractivity contribution is 8.00. The Bertz CT molecular complexity index is 936. The molecule has 0 N–H and O–H groups in total. The van der Waals surface area contributed by atoms with E-state index >= 15 is 0 Å². The van der Waals surface area contributed by atoms with Crippen LogP contribution in [0.4, 0.5) is 0 Å². The number of Topliss-reactive ketones (excluding diaryl/α,β-unsaturated/α-hetero) is 1. The molecule has 144 valence electrons. The van der Waals surface area contributed by atoms with Crippen molar-refractivity contribution in [1.29, 1.82) is 0 Å². The van der Waals surface area contributed by atoms with E-state index in [0.29, 0.717) is 23.7 Å². The number of hydrogen-bond acceptors (Lipinski definition) is 5. The van der Waals surface area contributed by atoms with Crippen molar-refractivity contribution in [1.82, 2.24) is 14.8 Å². The van der Waals surface area contributed by atoms with E-state index in [9.17, 15) is 4.79 Å². The Labute approximate surface area is 169 Å². The number of allylic oxidation sites excluding steroid dienone is 1. The molecule has 1 aromatic heterocycles. The third-order valence-electron chi connectivity index (χ3n) is 4.35. The fourth-order valence-corrected chi connectivity index (χ4v) is 3.90. The van der Waals surface area contributed by atoms with Gasteiger partial charge in [-0.15, -0.1) is 16.8 Å². The Morgan fingerprint density at radius 2 is 1.89 bits per heavy atom. The normalized spacial score (nSPS) is 11.8. The summed E-state index contributed by atoms with van der Waals surface area (Å²) in [6.07, 6.45) is 2.50. The number of carbonyl (C=O) groups is 1. The summed E-state index contributed by atoms with van der Waals surface area (Å²) in [5, 5.41) is 9.19. The Balaban J connectivity index is 1.87. The van der Waals surface area contributed by atoms with Crippen LogP contribution in [0.1, 0.15) is 23.7 Å². The minimum atomic E-state index is -0.246. The Kier molecular flexibility index (Phi) is 6.66. The number of hydrogen-bond donors (Lipinski definition) is 0. The Morgan fingerprint density at radius 3 is 2.50 bits per heavy atom. The first-order chi connectivity index (χ1) is 13.7. The molecule has 0 saturated heterocycles. The molecule has 6 heteroatoms. The second-order valence-electron chi connectivity index (χ2n) is 6.18. The molecule has 2 aromatic carbocycles. The lowest BCUT2D eigenvalue weighted by Gasteiger charge is -2.14. The molecule has 0 saturated carbocycles. The van der Waals surface area contributed by atoms with Crippen molar-refractivity contribution >= 4 is 17.5 Å². The molecule has 1 heterocycles. The van der Waals surface area contributed by atoms with Crippen molar-refractivity contribution in [2.45, 2.75) is 30.3 Å². The zero-order valence-electron chi connectivity index (χ0n) is 16.0. The summed E-state index contributed by atoms with van der Waals surface area (Å²) in [5.74, 6) is 1.58. The molecule has 0 aliphatic rings. The molecule has 0 radical (unpaired) electrons. The third kappa shape index (κ3) is 4.34. The number of nitrogens with zero attached hydrogens (tertiary/aromatic N) is 3. The predicted molar refractivity (Wildman–Crippen MR) is 113 cm³/mol. The van der Waals surface area contributed by atoms with Gasteiger partial charge < -0.3 is 4.74 Å². The molecule has 0 fully saturated rings. The number of thioether (sulfide) groups is 1. The van der Waals surface area contributed by atoms with E-state index in [1.54, 1.807) is 31.4 Å². The van der Waals surface area contributed by atoms with Crippen molar-refractivity contribution in [3.05, 3.63) is 72.8 Å². The van der Waals surface area contributed by atoms with Crippen molar-refractivity contribution in [3.8, 4) is 17.1 Å². The summed E-state index contributed by atoms with van der Waals surface area (Å²) in [7, 11) is 1.61. The van der Waals surface area contributed by atoms with Gasteiger partial charge in [0, 0.05) is 17.7 Å². The van der Waals surface area contributed by atoms with E-state index in [4.69, 9.17) is 4.74 Å². The molecule has 3 rings (SSSR count). The van der Waals surface area contributed by atoms with Crippen LogP contribution in [0.3, 0.4) is 0 Å². The summed E-state index contributed by atoms with van der Waals surface area (Å²) >= 11 is 1.44. The quantitative estimate of drug-likeness (QED) is 0.294. The van der Waals surface area contributed by atoms with Gasteiger partial charge in [-0.1, -0.05) is 55.1 Å². The average molecular weight is 394 g/mol. The lowest BCUT2D eigenvalue weighted by Crippen LogP contribution is -2.17. The highest BCUT2D eigenvalue weighted by atomic mass is 32.2. The van der Waals surface area contributed by atoms with Crippen LogP contribution in [0, 0.1) is 0 Å². The van der Waals surface area contributed by atoms with E-state index in [0.717, 1.165) is 17.1 Å². The number of methoxy groups -OCH3 is 1. The molecular weight excluding hydrogens is 370 g/mol. The van der Waals surface area contributed by atoms with Gasteiger partial charge in [0.2, 0.25) is 0 Å². The second-order valence-corrected chi connectivity index (χ2v) is 7.35. The number of rotatable bonds is 9. The summed E-state index contributed by atoms with van der Waals surface area (Å²) in [4.78, 5) is 13.0. The molecule has 0 aliphatic carbocycles. The van der Waals surface area contributed by atoms with Crippen molar-refractivity contribution in [2.24, 2.45) is 0 Å². The van der Waals surface area contributed by atoms with E-state index in [2.05, 4.69) is 16.8 Å². The highest BCUT2D eigenvalue weighted by Gasteiger charge is 2.23. The number of ketones is 1. The van der Waals surface area contributed by atoms with Crippen LogP contribution < -0.4 is 4.74 Å². The number of aromatic nitrogens is 3. The number of carbonyl (C=O) groups excluding carboxylic acids is 1. The van der Waals surface area contributed by atoms with Gasteiger partial charge in [0.1, 0.15) is 5.75 Å². The minimum absolute atomic E-state index is 0.0737. The van der Waals surface area contributed by atoms with Gasteiger partial charge >= 0.3 is 0 Å². The van der Waals surface area contributed by atoms with Crippen molar-refractivity contribution in [3.63, 3.8) is 0 Å². The standard InChI is InChI=1S/C22H23N3O2S/c1-4-15-25-21(17-9-7-6-8-10-17)23-24-22(25)28-19(5-2)20(26)16-11-13-18(27-3)14-12-16/h4,6-14,19H,1,5,15H2,2-3H3. The van der Waals surface area contributed by atoms with Gasteiger partial charge in [0.05, 0.1) is 12.4 Å². The summed E-state index contributed by atoms with van der Waals surface area (Å²) < 4.78 is 7.17. The number of ether oxygens (including phenoxy) is 1. The van der Waals surface area contributed by atoms with Crippen LogP contribution in [-0.4, -0.2) is 32.9 Å². The summed E-state index contributed by atoms with van der Waals surface area (Å²) in [6.45, 7) is 6.43. The topological polar surface area (TPSA) is 57.0 Å². The lowest BCUT2D eigenvalue weighted by atomic mass is 10.1. The maximum Gasteiger partial charge on any atom is 0.192 e. The zero-order chi connectivity index (χ0) is 19.9. The fourth-order valence-electron chi connectivity index (χ4n) is 2.86. The van der Waals surface area contributed by atoms with Crippen LogP contribution in [0.25, 0.3) is 11.4 Å². The van der Waals surface area contributed by atoms with Gasteiger partial charge in [0.15, 0.2) is 16.8 Å². The molecular formula is C22H23N3O2S. The molecule has 0 aliphatic heterocycles. The van der Waals surface area contributed by atoms with Crippen LogP contribution in [-0.2, 0) is 6.54 Å². The van der Waals surface area contributed by atoms with Gasteiger partial charge in [0.25, 0.3) is 0 Å². The molecule has 1 atom stereocenters. The Morgan fingerprint density at radius 1 is 1.18 bits per heavy atom. The predicted octanol–water partition coefficient (Wildman–Crippen LogP) is 4.89. The molecule has 28 heavy (non-hydrogen) atoms. The van der Waals surface area contributed by atoms with Crippen LogP contribution in [0.15, 0.2) is 72.4 Å². The molecule has 3 aromatic rings. The van der Waals surface area contributed by atoms with Gasteiger partial charge in [-0.25, -0.2) is 0 Å². The smallest absolute Gasteiger partial charge is 0.192 e. The minimum Gasteiger partial charge on any atom is -0.497 e. The zero-order valence-corrected chi connectivity index (χ0v) is 16.9. The van der Waals surface area contributed by atoms with Crippen LogP contribution in [0.5, 0.6) is 5.75 Å². The largest absolute Gasteiger partial charge is 0.497 e. The van der Waals surface area contributed by atoms with E-state index < -0.39 is 0 Å². The molecule has 0 bridgehead atoms. The third-order valence-corrected chi connectivity index (χ3v) is 5.69. The monoisotopic (exact) mass is 393 g/mol. The van der Waals surface area contributed by atoms with Gasteiger partial charge in [-0.2, -0.15) is 0 Å². The molecule has 0 amide bonds. The van der Waals surface area contributed by atoms with Crippen molar-refractivity contribution < 1.29 is 9.53 Å². The van der Waals surface area contributed by atoms with E-state index in [1.165, 1.54) is 11.8 Å². The first-order valence-corrected chi connectivity index (χ1v) is 10.00. The number of benzene rings is 2. The molecule has 5 nitrogen and oxygen atoms in total. The maximum atomic E-state index is 13.0. The fraction of sp³-hybridized carbons (Fsp3) is 0.227. The van der Waals surface area contributed by atoms with E-state index in [-0.39, 0.29) is 11.0 Å². The van der Waals surface area contributed by atoms with Crippen LogP contribution >= 0.6 is 11.8 Å². The van der Waals surface area contributed by atoms with Crippen LogP contribution in [0.2, 0.25) is 0 Å². The molecule has 1 unspecified atom stereocenters. The summed E-state index contributed by atoms with van der Waals surface area (Å²) in [5.41, 5.74) is 1.65. The van der Waals surface area contributed by atoms with Crippen molar-refractivity contribution in [2.75, 3.05) is 7.11 Å². The summed E-state index contributed by atoms with van der Waals surface area (Å²) in [6, 6.07) is 17.1.